The fourth-order valence-electron chi connectivity index (χ4n) is 3.30. The number of para-hydroxylation sites is 2. The summed E-state index contributed by atoms with van der Waals surface area (Å²) in [4.78, 5) is 27.8. The summed E-state index contributed by atoms with van der Waals surface area (Å²) in [6.07, 6.45) is 0.776. The number of hydrogen-bond acceptors (Lipinski definition) is 6. The fourth-order valence-corrected chi connectivity index (χ4v) is 5.17. The highest BCUT2D eigenvalue weighted by Gasteiger charge is 2.19. The van der Waals surface area contributed by atoms with Gasteiger partial charge < -0.3 is 10.2 Å². The van der Waals surface area contributed by atoms with Crippen LogP contribution >= 0.6 is 23.1 Å². The first-order valence-corrected chi connectivity index (χ1v) is 11.9. The number of aryl methyl sites for hydroxylation is 1. The first-order chi connectivity index (χ1) is 15.1. The molecule has 0 atom stereocenters. The standard InChI is InChI=1S/C22H23N5O2S2/c1-3-12-26(13-19(28)23-16-9-5-4-8-15(16)2)20(29)14-30-21-24-25-22-27(21)17-10-6-7-11-18(17)31-22/h4-11H,3,12-14H2,1-2H3,(H,23,28). The van der Waals surface area contributed by atoms with Crippen LogP contribution in [0, 0.1) is 6.92 Å². The molecule has 0 saturated heterocycles. The summed E-state index contributed by atoms with van der Waals surface area (Å²) in [5, 5.41) is 12.1. The molecule has 2 heterocycles. The summed E-state index contributed by atoms with van der Waals surface area (Å²) in [6.45, 7) is 4.48. The largest absolute Gasteiger partial charge is 0.333 e. The van der Waals surface area contributed by atoms with Crippen LogP contribution in [-0.4, -0.2) is 50.2 Å². The van der Waals surface area contributed by atoms with Gasteiger partial charge in [0.05, 0.1) is 22.5 Å². The van der Waals surface area contributed by atoms with Crippen molar-refractivity contribution in [1.29, 1.82) is 0 Å². The average molecular weight is 454 g/mol. The van der Waals surface area contributed by atoms with Gasteiger partial charge in [-0.25, -0.2) is 0 Å². The second-order valence-electron chi connectivity index (χ2n) is 7.14. The summed E-state index contributed by atoms with van der Waals surface area (Å²) >= 11 is 2.91. The Labute approximate surface area is 188 Å². The zero-order chi connectivity index (χ0) is 21.8. The molecule has 0 saturated carbocycles. The summed E-state index contributed by atoms with van der Waals surface area (Å²) in [7, 11) is 0. The average Bonchev–Trinajstić information content (AvgIpc) is 3.32. The smallest absolute Gasteiger partial charge is 0.244 e. The van der Waals surface area contributed by atoms with Gasteiger partial charge in [0.1, 0.15) is 0 Å². The number of fused-ring (bicyclic) bond motifs is 3. The number of benzene rings is 2. The Balaban J connectivity index is 1.42. The molecule has 0 unspecified atom stereocenters. The maximum absolute atomic E-state index is 12.9. The number of amides is 2. The predicted molar refractivity (Wildman–Crippen MR) is 126 cm³/mol. The van der Waals surface area contributed by atoms with Gasteiger partial charge in [0.15, 0.2) is 5.16 Å². The van der Waals surface area contributed by atoms with Crippen LogP contribution in [0.5, 0.6) is 0 Å². The Bertz CT molecular complexity index is 1230. The highest BCUT2D eigenvalue weighted by Crippen LogP contribution is 2.29. The van der Waals surface area contributed by atoms with Crippen LogP contribution in [0.2, 0.25) is 0 Å². The summed E-state index contributed by atoms with van der Waals surface area (Å²) < 4.78 is 3.11. The molecule has 0 aliphatic carbocycles. The molecule has 0 bridgehead atoms. The Morgan fingerprint density at radius 3 is 2.71 bits per heavy atom. The lowest BCUT2D eigenvalue weighted by molar-refractivity contribution is -0.132. The number of nitrogens with one attached hydrogen (secondary N) is 1. The Hall–Kier alpha value is -2.91. The molecule has 0 fully saturated rings. The van der Waals surface area contributed by atoms with Gasteiger partial charge in [0.25, 0.3) is 0 Å². The number of thiazole rings is 1. The molecule has 0 radical (unpaired) electrons. The van der Waals surface area contributed by atoms with Gasteiger partial charge in [0.2, 0.25) is 16.8 Å². The number of thioether (sulfide) groups is 1. The van der Waals surface area contributed by atoms with Gasteiger partial charge in [0, 0.05) is 12.2 Å². The van der Waals surface area contributed by atoms with Crippen molar-refractivity contribution in [2.75, 3.05) is 24.2 Å². The third-order valence-electron chi connectivity index (χ3n) is 4.84. The lowest BCUT2D eigenvalue weighted by atomic mass is 10.2. The van der Waals surface area contributed by atoms with Crippen molar-refractivity contribution >= 4 is 55.8 Å². The molecule has 7 nitrogen and oxygen atoms in total. The zero-order valence-corrected chi connectivity index (χ0v) is 19.0. The molecule has 1 N–H and O–H groups in total. The van der Waals surface area contributed by atoms with Crippen LogP contribution < -0.4 is 5.32 Å². The van der Waals surface area contributed by atoms with Crippen LogP contribution in [0.25, 0.3) is 15.2 Å². The van der Waals surface area contributed by atoms with E-state index < -0.39 is 0 Å². The quantitative estimate of drug-likeness (QED) is 0.404. The Morgan fingerprint density at radius 1 is 1.13 bits per heavy atom. The Kier molecular flexibility index (Phi) is 6.53. The molecular formula is C22H23N5O2S2. The number of aromatic nitrogens is 3. The van der Waals surface area contributed by atoms with Crippen LogP contribution in [0.1, 0.15) is 18.9 Å². The van der Waals surface area contributed by atoms with Gasteiger partial charge in [-0.15, -0.1) is 10.2 Å². The lowest BCUT2D eigenvalue weighted by Gasteiger charge is -2.21. The minimum absolute atomic E-state index is 0.0260. The second kappa shape index (κ2) is 9.49. The molecule has 4 rings (SSSR count). The van der Waals surface area contributed by atoms with Crippen molar-refractivity contribution in [2.24, 2.45) is 0 Å². The van der Waals surface area contributed by atoms with E-state index in [2.05, 4.69) is 15.5 Å². The molecule has 160 valence electrons. The van der Waals surface area contributed by atoms with E-state index in [0.717, 1.165) is 32.8 Å². The first kappa shape index (κ1) is 21.3. The van der Waals surface area contributed by atoms with E-state index in [1.54, 1.807) is 16.2 Å². The fraction of sp³-hybridized carbons (Fsp3) is 0.273. The molecule has 0 aliphatic rings. The van der Waals surface area contributed by atoms with Crippen LogP contribution in [0.15, 0.2) is 53.7 Å². The highest BCUT2D eigenvalue weighted by atomic mass is 32.2. The van der Waals surface area contributed by atoms with E-state index in [1.807, 2.05) is 66.8 Å². The van der Waals surface area contributed by atoms with Gasteiger partial charge in [-0.05, 0) is 37.1 Å². The van der Waals surface area contributed by atoms with E-state index in [-0.39, 0.29) is 24.1 Å². The molecule has 0 aliphatic heterocycles. The lowest BCUT2D eigenvalue weighted by Crippen LogP contribution is -2.39. The van der Waals surface area contributed by atoms with Crippen LogP contribution in [0.4, 0.5) is 5.69 Å². The van der Waals surface area contributed by atoms with Crippen molar-refractivity contribution in [3.05, 3.63) is 54.1 Å². The number of carbonyl (C=O) groups is 2. The summed E-state index contributed by atoms with van der Waals surface area (Å²) in [6, 6.07) is 15.6. The van der Waals surface area contributed by atoms with E-state index in [4.69, 9.17) is 0 Å². The molecular weight excluding hydrogens is 430 g/mol. The third kappa shape index (κ3) is 4.72. The highest BCUT2D eigenvalue weighted by molar-refractivity contribution is 7.99. The molecule has 2 aromatic carbocycles. The van der Waals surface area contributed by atoms with Crippen molar-refractivity contribution < 1.29 is 9.59 Å². The normalized spacial score (nSPS) is 11.2. The number of rotatable bonds is 8. The summed E-state index contributed by atoms with van der Waals surface area (Å²) in [5.41, 5.74) is 2.78. The van der Waals surface area contributed by atoms with Gasteiger partial charge in [-0.2, -0.15) is 0 Å². The minimum Gasteiger partial charge on any atom is -0.333 e. The molecule has 0 spiro atoms. The van der Waals surface area contributed by atoms with Crippen LogP contribution in [-0.2, 0) is 9.59 Å². The molecule has 9 heteroatoms. The monoisotopic (exact) mass is 453 g/mol. The molecule has 2 aromatic heterocycles. The maximum Gasteiger partial charge on any atom is 0.244 e. The number of nitrogens with zero attached hydrogens (tertiary/aromatic N) is 4. The van der Waals surface area contributed by atoms with E-state index in [9.17, 15) is 9.59 Å². The van der Waals surface area contributed by atoms with Crippen molar-refractivity contribution in [3.63, 3.8) is 0 Å². The second-order valence-corrected chi connectivity index (χ2v) is 9.09. The Morgan fingerprint density at radius 2 is 1.90 bits per heavy atom. The maximum atomic E-state index is 12.9. The SMILES string of the molecule is CCCN(CC(=O)Nc1ccccc1C)C(=O)CSc1nnc2sc3ccccc3n12. The van der Waals surface area contributed by atoms with Crippen LogP contribution in [0.3, 0.4) is 0 Å². The van der Waals surface area contributed by atoms with E-state index in [1.165, 1.54) is 11.8 Å². The molecule has 4 aromatic rings. The molecule has 31 heavy (non-hydrogen) atoms. The third-order valence-corrected chi connectivity index (χ3v) is 6.76. The summed E-state index contributed by atoms with van der Waals surface area (Å²) in [5.74, 6) is -0.0966. The number of hydrogen-bond donors (Lipinski definition) is 1. The van der Waals surface area contributed by atoms with Crippen molar-refractivity contribution in [2.45, 2.75) is 25.4 Å². The molecule has 2 amide bonds. The first-order valence-electron chi connectivity index (χ1n) is 10.1. The number of carbonyl (C=O) groups excluding carboxylic acids is 2. The van der Waals surface area contributed by atoms with Crippen molar-refractivity contribution in [3.8, 4) is 0 Å². The predicted octanol–water partition coefficient (Wildman–Crippen LogP) is 4.22. The van der Waals surface area contributed by atoms with Gasteiger partial charge >= 0.3 is 0 Å². The zero-order valence-electron chi connectivity index (χ0n) is 17.4. The van der Waals surface area contributed by atoms with E-state index in [0.29, 0.717) is 11.7 Å². The minimum atomic E-state index is -0.199. The van der Waals surface area contributed by atoms with E-state index >= 15 is 0 Å². The van der Waals surface area contributed by atoms with Gasteiger partial charge in [-0.1, -0.05) is 60.4 Å². The van der Waals surface area contributed by atoms with Crippen molar-refractivity contribution in [1.82, 2.24) is 19.5 Å². The van der Waals surface area contributed by atoms with Gasteiger partial charge in [-0.3, -0.25) is 14.0 Å². The number of anilines is 1. The topological polar surface area (TPSA) is 79.6 Å².